The lowest BCUT2D eigenvalue weighted by Gasteiger charge is -2.08. The van der Waals surface area contributed by atoms with Crippen LogP contribution in [0.5, 0.6) is 5.75 Å². The van der Waals surface area contributed by atoms with E-state index in [1.54, 1.807) is 24.5 Å². The lowest BCUT2D eigenvalue weighted by Crippen LogP contribution is -1.92. The predicted molar refractivity (Wildman–Crippen MR) is 59.3 cm³/mol. The number of fused-ring (bicyclic) bond motifs is 1. The summed E-state index contributed by atoms with van der Waals surface area (Å²) in [4.78, 5) is 0. The number of aliphatic hydroxyl groups excluding tert-OH is 1. The molecule has 1 N–H and O–H groups in total. The van der Waals surface area contributed by atoms with Gasteiger partial charge in [-0.05, 0) is 11.4 Å². The third-order valence-corrected chi connectivity index (χ3v) is 3.50. The Labute approximate surface area is 90.7 Å². The van der Waals surface area contributed by atoms with Gasteiger partial charge in [0, 0.05) is 17.0 Å². The van der Waals surface area contributed by atoms with Crippen LogP contribution in [0.3, 0.4) is 0 Å². The van der Waals surface area contributed by atoms with E-state index in [1.165, 1.54) is 0 Å². The van der Waals surface area contributed by atoms with Crippen molar-refractivity contribution in [2.75, 3.05) is 7.11 Å². The molecule has 0 saturated carbocycles. The van der Waals surface area contributed by atoms with Crippen LogP contribution in [-0.4, -0.2) is 12.2 Å². The number of thiophene rings is 1. The van der Waals surface area contributed by atoms with E-state index in [0.29, 0.717) is 10.8 Å². The highest BCUT2D eigenvalue weighted by Gasteiger charge is 2.11. The largest absolute Gasteiger partial charge is 0.496 e. The molecule has 2 rings (SSSR count). The van der Waals surface area contributed by atoms with E-state index in [-0.39, 0.29) is 6.61 Å². The van der Waals surface area contributed by atoms with Gasteiger partial charge in [0.25, 0.3) is 0 Å². The van der Waals surface area contributed by atoms with E-state index in [0.717, 1.165) is 15.6 Å². The number of hydrogen-bond donors (Lipinski definition) is 1. The van der Waals surface area contributed by atoms with Gasteiger partial charge < -0.3 is 9.84 Å². The lowest BCUT2D eigenvalue weighted by molar-refractivity contribution is 0.275. The van der Waals surface area contributed by atoms with Crippen LogP contribution >= 0.6 is 22.9 Å². The zero-order valence-electron chi connectivity index (χ0n) is 7.58. The Hall–Kier alpha value is -0.770. The van der Waals surface area contributed by atoms with Crippen LogP contribution in [0.4, 0.5) is 0 Å². The molecule has 1 heterocycles. The molecule has 0 fully saturated rings. The van der Waals surface area contributed by atoms with Gasteiger partial charge in [0.05, 0.1) is 23.4 Å². The SMILES string of the molecule is COc1cc(Cl)c2sccc2c1CO. The first kappa shape index (κ1) is 9.77. The Balaban J connectivity index is 2.82. The minimum Gasteiger partial charge on any atom is -0.496 e. The molecule has 1 aromatic heterocycles. The van der Waals surface area contributed by atoms with Crippen molar-refractivity contribution in [3.63, 3.8) is 0 Å². The van der Waals surface area contributed by atoms with Crippen LogP contribution in [-0.2, 0) is 6.61 Å². The predicted octanol–water partition coefficient (Wildman–Crippen LogP) is 3.06. The highest BCUT2D eigenvalue weighted by atomic mass is 35.5. The third kappa shape index (κ3) is 1.38. The Bertz CT molecular complexity index is 464. The Morgan fingerprint density at radius 2 is 2.36 bits per heavy atom. The molecule has 0 aliphatic carbocycles. The smallest absolute Gasteiger partial charge is 0.126 e. The van der Waals surface area contributed by atoms with Crippen LogP contribution in [0.2, 0.25) is 5.02 Å². The van der Waals surface area contributed by atoms with E-state index >= 15 is 0 Å². The zero-order valence-corrected chi connectivity index (χ0v) is 9.15. The average molecular weight is 229 g/mol. The number of rotatable bonds is 2. The molecule has 14 heavy (non-hydrogen) atoms. The molecule has 0 spiro atoms. The molecular formula is C10H9ClO2S. The first-order chi connectivity index (χ1) is 6.77. The van der Waals surface area contributed by atoms with Crippen molar-refractivity contribution in [1.29, 1.82) is 0 Å². The number of halogens is 1. The van der Waals surface area contributed by atoms with E-state index in [4.69, 9.17) is 16.3 Å². The van der Waals surface area contributed by atoms with Crippen molar-refractivity contribution in [3.05, 3.63) is 28.1 Å². The van der Waals surface area contributed by atoms with Crippen molar-refractivity contribution in [2.24, 2.45) is 0 Å². The van der Waals surface area contributed by atoms with Gasteiger partial charge in [-0.15, -0.1) is 11.3 Å². The van der Waals surface area contributed by atoms with Gasteiger partial charge in [0.1, 0.15) is 5.75 Å². The number of methoxy groups -OCH3 is 1. The molecule has 0 atom stereocenters. The zero-order chi connectivity index (χ0) is 10.1. The van der Waals surface area contributed by atoms with Crippen molar-refractivity contribution >= 4 is 33.0 Å². The summed E-state index contributed by atoms with van der Waals surface area (Å²) in [7, 11) is 1.57. The normalized spacial score (nSPS) is 10.8. The third-order valence-electron chi connectivity index (χ3n) is 2.14. The number of ether oxygens (including phenoxy) is 1. The Morgan fingerprint density at radius 3 is 3.00 bits per heavy atom. The Morgan fingerprint density at radius 1 is 1.57 bits per heavy atom. The average Bonchev–Trinajstić information content (AvgIpc) is 2.66. The summed E-state index contributed by atoms with van der Waals surface area (Å²) in [5.74, 6) is 0.642. The van der Waals surface area contributed by atoms with E-state index in [2.05, 4.69) is 0 Å². The van der Waals surface area contributed by atoms with Gasteiger partial charge in [-0.1, -0.05) is 11.6 Å². The van der Waals surface area contributed by atoms with Gasteiger partial charge in [-0.3, -0.25) is 0 Å². The van der Waals surface area contributed by atoms with Gasteiger partial charge in [-0.25, -0.2) is 0 Å². The second kappa shape index (κ2) is 3.77. The first-order valence-corrected chi connectivity index (χ1v) is 5.37. The monoisotopic (exact) mass is 228 g/mol. The summed E-state index contributed by atoms with van der Waals surface area (Å²) in [6.45, 7) is -0.0342. The van der Waals surface area contributed by atoms with Crippen molar-refractivity contribution in [3.8, 4) is 5.75 Å². The van der Waals surface area contributed by atoms with Gasteiger partial charge in [0.15, 0.2) is 0 Å². The first-order valence-electron chi connectivity index (χ1n) is 4.11. The number of hydrogen-bond acceptors (Lipinski definition) is 3. The molecule has 0 saturated heterocycles. The summed E-state index contributed by atoms with van der Waals surface area (Å²) in [6, 6.07) is 3.69. The maximum absolute atomic E-state index is 9.24. The minimum atomic E-state index is -0.0342. The lowest BCUT2D eigenvalue weighted by atomic mass is 10.1. The maximum atomic E-state index is 9.24. The number of benzene rings is 1. The van der Waals surface area contributed by atoms with Gasteiger partial charge >= 0.3 is 0 Å². The van der Waals surface area contributed by atoms with Crippen LogP contribution in [0, 0.1) is 0 Å². The van der Waals surface area contributed by atoms with Crippen LogP contribution in [0.1, 0.15) is 5.56 Å². The van der Waals surface area contributed by atoms with E-state index in [9.17, 15) is 5.11 Å². The fourth-order valence-electron chi connectivity index (χ4n) is 1.48. The molecule has 2 aromatic rings. The highest BCUT2D eigenvalue weighted by Crippen LogP contribution is 2.37. The van der Waals surface area contributed by atoms with Gasteiger partial charge in [0.2, 0.25) is 0 Å². The molecule has 0 aliphatic rings. The minimum absolute atomic E-state index is 0.0342. The molecule has 1 aromatic carbocycles. The van der Waals surface area contributed by atoms with Crippen LogP contribution in [0.15, 0.2) is 17.5 Å². The molecule has 0 amide bonds. The second-order valence-corrected chi connectivity index (χ2v) is 4.18. The summed E-state index contributed by atoms with van der Waals surface area (Å²) >= 11 is 7.62. The quantitative estimate of drug-likeness (QED) is 0.856. The van der Waals surface area contributed by atoms with Crippen LogP contribution in [0.25, 0.3) is 10.1 Å². The fourth-order valence-corrected chi connectivity index (χ4v) is 2.64. The maximum Gasteiger partial charge on any atom is 0.126 e. The van der Waals surface area contributed by atoms with Gasteiger partial charge in [-0.2, -0.15) is 0 Å². The molecule has 0 radical (unpaired) electrons. The molecule has 0 unspecified atom stereocenters. The van der Waals surface area contributed by atoms with E-state index in [1.807, 2.05) is 11.4 Å². The number of aliphatic hydroxyl groups is 1. The van der Waals surface area contributed by atoms with Crippen molar-refractivity contribution in [1.82, 2.24) is 0 Å². The molecule has 74 valence electrons. The summed E-state index contributed by atoms with van der Waals surface area (Å²) in [6.07, 6.45) is 0. The topological polar surface area (TPSA) is 29.5 Å². The van der Waals surface area contributed by atoms with E-state index < -0.39 is 0 Å². The van der Waals surface area contributed by atoms with Crippen molar-refractivity contribution in [2.45, 2.75) is 6.61 Å². The Kier molecular flexibility index (Phi) is 2.63. The standard InChI is InChI=1S/C10H9ClO2S/c1-13-9-4-8(11)10-6(2-3-14-10)7(9)5-12/h2-4,12H,5H2,1H3. The summed E-state index contributed by atoms with van der Waals surface area (Å²) in [5, 5.41) is 12.8. The van der Waals surface area contributed by atoms with Crippen LogP contribution < -0.4 is 4.74 Å². The molecule has 0 aliphatic heterocycles. The molecule has 0 bridgehead atoms. The molecule has 4 heteroatoms. The van der Waals surface area contributed by atoms with Crippen molar-refractivity contribution < 1.29 is 9.84 Å². The summed E-state index contributed by atoms with van der Waals surface area (Å²) in [5.41, 5.74) is 0.799. The summed E-state index contributed by atoms with van der Waals surface area (Å²) < 4.78 is 6.15. The molecular weight excluding hydrogens is 220 g/mol. The second-order valence-electron chi connectivity index (χ2n) is 2.86. The fraction of sp³-hybridized carbons (Fsp3) is 0.200. The highest BCUT2D eigenvalue weighted by molar-refractivity contribution is 7.17. The molecule has 2 nitrogen and oxygen atoms in total.